The highest BCUT2D eigenvalue weighted by atomic mass is 19.4. The normalized spacial score (nSPS) is 13.4. The van der Waals surface area contributed by atoms with Crippen LogP contribution in [-0.2, 0) is 4.74 Å². The summed E-state index contributed by atoms with van der Waals surface area (Å²) >= 11 is 0. The first-order chi connectivity index (χ1) is 8.42. The molecule has 0 aliphatic carbocycles. The van der Waals surface area contributed by atoms with Crippen LogP contribution in [-0.4, -0.2) is 26.6 Å². The van der Waals surface area contributed by atoms with Gasteiger partial charge in [0, 0.05) is 19.7 Å². The summed E-state index contributed by atoms with van der Waals surface area (Å²) in [4.78, 5) is 0. The summed E-state index contributed by atoms with van der Waals surface area (Å²) in [6.07, 6.45) is -4.65. The molecule has 1 aromatic rings. The molecule has 0 aromatic heterocycles. The van der Waals surface area contributed by atoms with Crippen molar-refractivity contribution in [2.24, 2.45) is 0 Å². The highest BCUT2D eigenvalue weighted by Gasteiger charge is 2.30. The number of methoxy groups -OCH3 is 1. The lowest BCUT2D eigenvalue weighted by atomic mass is 10.1. The van der Waals surface area contributed by atoms with E-state index in [1.54, 1.807) is 19.2 Å². The van der Waals surface area contributed by atoms with Gasteiger partial charge in [0.15, 0.2) is 0 Å². The first-order valence-corrected chi connectivity index (χ1v) is 5.50. The van der Waals surface area contributed by atoms with Gasteiger partial charge in [-0.2, -0.15) is 0 Å². The molecule has 0 amide bonds. The van der Waals surface area contributed by atoms with Crippen molar-refractivity contribution in [1.82, 2.24) is 5.32 Å². The van der Waals surface area contributed by atoms with Gasteiger partial charge in [-0.05, 0) is 24.6 Å². The van der Waals surface area contributed by atoms with Crippen LogP contribution < -0.4 is 10.1 Å². The molecule has 1 N–H and O–H groups in total. The molecular weight excluding hydrogens is 247 g/mol. The molecule has 0 aliphatic heterocycles. The third-order valence-electron chi connectivity index (χ3n) is 2.37. The van der Waals surface area contributed by atoms with Gasteiger partial charge in [-0.3, -0.25) is 0 Å². The predicted octanol–water partition coefficient (Wildman–Crippen LogP) is 2.88. The summed E-state index contributed by atoms with van der Waals surface area (Å²) in [5.41, 5.74) is 0.889. The molecule has 0 bridgehead atoms. The van der Waals surface area contributed by atoms with Gasteiger partial charge in [-0.25, -0.2) is 0 Å². The smallest absolute Gasteiger partial charge is 0.406 e. The van der Waals surface area contributed by atoms with Crippen LogP contribution in [0, 0.1) is 0 Å². The average Bonchev–Trinajstić information content (AvgIpc) is 2.28. The van der Waals surface area contributed by atoms with Gasteiger partial charge in [0.05, 0.1) is 6.61 Å². The van der Waals surface area contributed by atoms with Gasteiger partial charge in [0.2, 0.25) is 0 Å². The van der Waals surface area contributed by atoms with Crippen LogP contribution in [0.15, 0.2) is 24.3 Å². The van der Waals surface area contributed by atoms with Gasteiger partial charge < -0.3 is 14.8 Å². The number of benzene rings is 1. The van der Waals surface area contributed by atoms with E-state index in [2.05, 4.69) is 10.1 Å². The number of alkyl halides is 3. The van der Waals surface area contributed by atoms with Crippen LogP contribution in [0.3, 0.4) is 0 Å². The lowest BCUT2D eigenvalue weighted by molar-refractivity contribution is -0.274. The van der Waals surface area contributed by atoms with Crippen LogP contribution in [0.1, 0.15) is 18.5 Å². The number of hydrogen-bond donors (Lipinski definition) is 1. The van der Waals surface area contributed by atoms with Crippen molar-refractivity contribution in [2.45, 2.75) is 19.3 Å². The molecule has 0 aliphatic rings. The molecule has 0 heterocycles. The zero-order valence-corrected chi connectivity index (χ0v) is 10.3. The summed E-state index contributed by atoms with van der Waals surface area (Å²) in [5, 5.41) is 3.18. The van der Waals surface area contributed by atoms with Crippen LogP contribution in [0.2, 0.25) is 0 Å². The number of ether oxygens (including phenoxy) is 2. The maximum absolute atomic E-state index is 12.0. The zero-order chi connectivity index (χ0) is 13.6. The minimum atomic E-state index is -4.65. The summed E-state index contributed by atoms with van der Waals surface area (Å²) in [6, 6.07) is 5.85. The molecule has 6 heteroatoms. The Bertz CT molecular complexity index is 351. The fraction of sp³-hybridized carbons (Fsp3) is 0.500. The minimum absolute atomic E-state index is 0.0417. The van der Waals surface area contributed by atoms with Crippen LogP contribution in [0.5, 0.6) is 5.75 Å². The highest BCUT2D eigenvalue weighted by Crippen LogP contribution is 2.24. The van der Waals surface area contributed by atoms with Gasteiger partial charge >= 0.3 is 6.36 Å². The molecule has 0 fully saturated rings. The quantitative estimate of drug-likeness (QED) is 0.800. The highest BCUT2D eigenvalue weighted by molar-refractivity contribution is 5.29. The Morgan fingerprint density at radius 1 is 1.22 bits per heavy atom. The third kappa shape index (κ3) is 5.37. The largest absolute Gasteiger partial charge is 0.573 e. The maximum Gasteiger partial charge on any atom is 0.573 e. The summed E-state index contributed by atoms with van der Waals surface area (Å²) in [7, 11) is 1.61. The first-order valence-electron chi connectivity index (χ1n) is 5.50. The van der Waals surface area contributed by atoms with Crippen molar-refractivity contribution < 1.29 is 22.6 Å². The Hall–Kier alpha value is -1.27. The monoisotopic (exact) mass is 263 g/mol. The molecule has 3 nitrogen and oxygen atoms in total. The Labute approximate surface area is 104 Å². The molecule has 102 valence electrons. The SMILES string of the molecule is COCCNC(C)c1ccc(OC(F)(F)F)cc1. The number of halogens is 3. The summed E-state index contributed by atoms with van der Waals surface area (Å²) < 4.78 is 44.6. The van der Waals surface area contributed by atoms with Crippen LogP contribution in [0.4, 0.5) is 13.2 Å². The second-order valence-corrected chi connectivity index (χ2v) is 3.79. The van der Waals surface area contributed by atoms with Crippen molar-refractivity contribution in [2.75, 3.05) is 20.3 Å². The van der Waals surface area contributed by atoms with E-state index in [0.29, 0.717) is 13.2 Å². The Morgan fingerprint density at radius 2 is 1.83 bits per heavy atom. The molecule has 1 rings (SSSR count). The standard InChI is InChI=1S/C12H16F3NO2/c1-9(16-7-8-17-2)10-3-5-11(6-4-10)18-12(13,14)15/h3-6,9,16H,7-8H2,1-2H3. The Balaban J connectivity index is 2.54. The van der Waals surface area contributed by atoms with Crippen molar-refractivity contribution in [1.29, 1.82) is 0 Å². The molecule has 1 aromatic carbocycles. The van der Waals surface area contributed by atoms with E-state index in [9.17, 15) is 13.2 Å². The number of nitrogens with one attached hydrogen (secondary N) is 1. The second-order valence-electron chi connectivity index (χ2n) is 3.79. The zero-order valence-electron chi connectivity index (χ0n) is 10.3. The average molecular weight is 263 g/mol. The Kier molecular flexibility index (Phi) is 5.43. The fourth-order valence-electron chi connectivity index (χ4n) is 1.45. The molecule has 1 unspecified atom stereocenters. The Morgan fingerprint density at radius 3 is 2.33 bits per heavy atom. The lowest BCUT2D eigenvalue weighted by Gasteiger charge is -2.15. The molecule has 0 saturated heterocycles. The topological polar surface area (TPSA) is 30.5 Å². The van der Waals surface area contributed by atoms with E-state index in [4.69, 9.17) is 4.74 Å². The molecule has 1 atom stereocenters. The fourth-order valence-corrected chi connectivity index (χ4v) is 1.45. The van der Waals surface area contributed by atoms with E-state index in [1.807, 2.05) is 6.92 Å². The molecular formula is C12H16F3NO2. The molecule has 0 saturated carbocycles. The third-order valence-corrected chi connectivity index (χ3v) is 2.37. The first kappa shape index (κ1) is 14.8. The number of rotatable bonds is 6. The van der Waals surface area contributed by atoms with Crippen molar-refractivity contribution in [3.63, 3.8) is 0 Å². The van der Waals surface area contributed by atoms with Gasteiger partial charge in [0.1, 0.15) is 5.75 Å². The van der Waals surface area contributed by atoms with Gasteiger partial charge in [-0.1, -0.05) is 12.1 Å². The van der Waals surface area contributed by atoms with E-state index < -0.39 is 6.36 Å². The van der Waals surface area contributed by atoms with Gasteiger partial charge in [-0.15, -0.1) is 13.2 Å². The summed E-state index contributed by atoms with van der Waals surface area (Å²) in [6.45, 7) is 3.19. The molecule has 0 radical (unpaired) electrons. The van der Waals surface area contributed by atoms with E-state index in [0.717, 1.165) is 5.56 Å². The van der Waals surface area contributed by atoms with E-state index >= 15 is 0 Å². The van der Waals surface area contributed by atoms with Crippen LogP contribution >= 0.6 is 0 Å². The second kappa shape index (κ2) is 6.61. The van der Waals surface area contributed by atoms with E-state index in [-0.39, 0.29) is 11.8 Å². The molecule has 0 spiro atoms. The predicted molar refractivity (Wildman–Crippen MR) is 61.4 cm³/mol. The molecule has 18 heavy (non-hydrogen) atoms. The minimum Gasteiger partial charge on any atom is -0.406 e. The van der Waals surface area contributed by atoms with Crippen LogP contribution in [0.25, 0.3) is 0 Å². The van der Waals surface area contributed by atoms with E-state index in [1.165, 1.54) is 12.1 Å². The van der Waals surface area contributed by atoms with Crippen molar-refractivity contribution in [3.8, 4) is 5.75 Å². The lowest BCUT2D eigenvalue weighted by Crippen LogP contribution is -2.22. The van der Waals surface area contributed by atoms with Crippen molar-refractivity contribution >= 4 is 0 Å². The maximum atomic E-state index is 12.0. The summed E-state index contributed by atoms with van der Waals surface area (Å²) in [5.74, 6) is -0.213. The van der Waals surface area contributed by atoms with Gasteiger partial charge in [0.25, 0.3) is 0 Å². The van der Waals surface area contributed by atoms with Crippen molar-refractivity contribution in [3.05, 3.63) is 29.8 Å². The number of hydrogen-bond acceptors (Lipinski definition) is 3.